The lowest BCUT2D eigenvalue weighted by Gasteiger charge is -2.19. The first-order valence-electron chi connectivity index (χ1n) is 14.4. The highest BCUT2D eigenvalue weighted by Crippen LogP contribution is 2.52. The van der Waals surface area contributed by atoms with Crippen LogP contribution in [0, 0.1) is 0 Å². The molecule has 0 atom stereocenters. The van der Waals surface area contributed by atoms with Crippen molar-refractivity contribution in [2.24, 2.45) is 0 Å². The van der Waals surface area contributed by atoms with Gasteiger partial charge in [0, 0.05) is 28.5 Å². The molecule has 1 aromatic heterocycles. The third-order valence-electron chi connectivity index (χ3n) is 7.77. The van der Waals surface area contributed by atoms with Crippen LogP contribution >= 0.6 is 18.5 Å². The van der Waals surface area contributed by atoms with Crippen molar-refractivity contribution in [2.75, 3.05) is 0 Å². The molecule has 206 valence electrons. The van der Waals surface area contributed by atoms with E-state index >= 15 is 0 Å². The standard InChI is InChI=1S/C38H38NPS/c1-37(2,3)27-17-23-35-33(25-27)34-26-28(38(4,5)6)18-24-36(34)39(35)29-19-21-32(22-20-29)41-40(30-13-9-7-10-14-30)31-15-11-8-12-16-31/h7-26H,1-6H3. The normalized spacial score (nSPS) is 12.5. The summed E-state index contributed by atoms with van der Waals surface area (Å²) in [7, 11) is -0.558. The molecule has 0 radical (unpaired) electrons. The second-order valence-corrected chi connectivity index (χ2v) is 16.8. The molecule has 0 aliphatic heterocycles. The van der Waals surface area contributed by atoms with Gasteiger partial charge in [-0.2, -0.15) is 0 Å². The van der Waals surface area contributed by atoms with E-state index in [1.165, 1.54) is 54.1 Å². The van der Waals surface area contributed by atoms with E-state index in [1.807, 2.05) is 11.4 Å². The quantitative estimate of drug-likeness (QED) is 0.186. The molecule has 0 saturated carbocycles. The highest BCUT2D eigenvalue weighted by Gasteiger charge is 2.21. The van der Waals surface area contributed by atoms with Crippen LogP contribution in [0.25, 0.3) is 27.5 Å². The maximum absolute atomic E-state index is 2.44. The summed E-state index contributed by atoms with van der Waals surface area (Å²) in [5, 5.41) is 5.42. The number of nitrogens with zero attached hydrogens (tertiary/aromatic N) is 1. The zero-order valence-electron chi connectivity index (χ0n) is 24.8. The van der Waals surface area contributed by atoms with Gasteiger partial charge in [0.15, 0.2) is 0 Å². The Morgan fingerprint density at radius 1 is 0.512 bits per heavy atom. The zero-order chi connectivity index (χ0) is 28.8. The van der Waals surface area contributed by atoms with E-state index in [0.717, 1.165) is 0 Å². The molecule has 5 aromatic carbocycles. The Kier molecular flexibility index (Phi) is 7.35. The number of fused-ring (bicyclic) bond motifs is 3. The Hall–Kier alpha value is -3.32. The van der Waals surface area contributed by atoms with Crippen molar-refractivity contribution in [1.82, 2.24) is 4.57 Å². The monoisotopic (exact) mass is 571 g/mol. The minimum atomic E-state index is -0.558. The lowest BCUT2D eigenvalue weighted by Crippen LogP contribution is -2.10. The largest absolute Gasteiger partial charge is 0.309 e. The molecule has 0 fully saturated rings. The second-order valence-electron chi connectivity index (χ2n) is 12.8. The molecule has 0 spiro atoms. The summed E-state index contributed by atoms with van der Waals surface area (Å²) >= 11 is 1.97. The van der Waals surface area contributed by atoms with Gasteiger partial charge >= 0.3 is 0 Å². The first-order chi connectivity index (χ1) is 19.6. The molecule has 1 nitrogen and oxygen atoms in total. The third-order valence-corrected chi connectivity index (χ3v) is 12.4. The van der Waals surface area contributed by atoms with E-state index in [2.05, 4.69) is 167 Å². The Morgan fingerprint density at radius 3 is 1.37 bits per heavy atom. The van der Waals surface area contributed by atoms with Crippen LogP contribution in [0.2, 0.25) is 0 Å². The Labute approximate surface area is 250 Å². The molecule has 0 aliphatic rings. The van der Waals surface area contributed by atoms with Crippen molar-refractivity contribution in [3.8, 4) is 5.69 Å². The molecular formula is C38H38NPS. The van der Waals surface area contributed by atoms with Crippen LogP contribution in [0.15, 0.2) is 126 Å². The fraction of sp³-hybridized carbons (Fsp3) is 0.211. The summed E-state index contributed by atoms with van der Waals surface area (Å²) in [6.45, 7) is 13.8. The fourth-order valence-corrected chi connectivity index (χ4v) is 9.60. The van der Waals surface area contributed by atoms with E-state index in [9.17, 15) is 0 Å². The van der Waals surface area contributed by atoms with Gasteiger partial charge in [-0.05, 0) is 81.1 Å². The minimum absolute atomic E-state index is 0.0962. The smallest absolute Gasteiger partial charge is 0.0541 e. The van der Waals surface area contributed by atoms with Gasteiger partial charge in [0.05, 0.1) is 11.0 Å². The van der Waals surface area contributed by atoms with Crippen molar-refractivity contribution in [3.63, 3.8) is 0 Å². The highest BCUT2D eigenvalue weighted by atomic mass is 32.7. The van der Waals surface area contributed by atoms with Gasteiger partial charge < -0.3 is 4.57 Å². The maximum atomic E-state index is 2.44. The molecule has 0 saturated heterocycles. The van der Waals surface area contributed by atoms with Gasteiger partial charge in [0.1, 0.15) is 0 Å². The Bertz CT molecular complexity index is 1690. The van der Waals surface area contributed by atoms with Crippen molar-refractivity contribution in [3.05, 3.63) is 132 Å². The topological polar surface area (TPSA) is 4.93 Å². The van der Waals surface area contributed by atoms with E-state index < -0.39 is 7.12 Å². The van der Waals surface area contributed by atoms with Crippen molar-refractivity contribution in [1.29, 1.82) is 0 Å². The Morgan fingerprint density at radius 2 is 0.951 bits per heavy atom. The average molecular weight is 572 g/mol. The molecule has 0 unspecified atom stereocenters. The predicted molar refractivity (Wildman–Crippen MR) is 183 cm³/mol. The van der Waals surface area contributed by atoms with Crippen LogP contribution in [0.4, 0.5) is 0 Å². The molecule has 0 N–H and O–H groups in total. The van der Waals surface area contributed by atoms with Crippen LogP contribution in [-0.2, 0) is 10.8 Å². The van der Waals surface area contributed by atoms with E-state index in [4.69, 9.17) is 0 Å². The number of hydrogen-bond acceptors (Lipinski definition) is 1. The lowest BCUT2D eigenvalue weighted by molar-refractivity contribution is 0.590. The van der Waals surface area contributed by atoms with Crippen molar-refractivity contribution < 1.29 is 0 Å². The fourth-order valence-electron chi connectivity index (χ4n) is 5.38. The summed E-state index contributed by atoms with van der Waals surface area (Å²) in [5.41, 5.74) is 6.65. The minimum Gasteiger partial charge on any atom is -0.309 e. The SMILES string of the molecule is CC(C)(C)c1ccc2c(c1)c1cc(C(C)(C)C)ccc1n2-c1ccc(SP(c2ccccc2)c2ccccc2)cc1. The van der Waals surface area contributed by atoms with Crippen LogP contribution in [0.1, 0.15) is 52.7 Å². The van der Waals surface area contributed by atoms with Crippen LogP contribution in [0.3, 0.4) is 0 Å². The summed E-state index contributed by atoms with van der Waals surface area (Å²) < 4.78 is 2.44. The van der Waals surface area contributed by atoms with Crippen molar-refractivity contribution in [2.45, 2.75) is 57.3 Å². The van der Waals surface area contributed by atoms with Crippen LogP contribution in [-0.4, -0.2) is 4.57 Å². The van der Waals surface area contributed by atoms with Crippen LogP contribution in [0.5, 0.6) is 0 Å². The van der Waals surface area contributed by atoms with Gasteiger partial charge in [-0.3, -0.25) is 0 Å². The molecular weight excluding hydrogens is 533 g/mol. The van der Waals surface area contributed by atoms with Gasteiger partial charge in [0.25, 0.3) is 0 Å². The lowest BCUT2D eigenvalue weighted by atomic mass is 9.85. The molecule has 6 rings (SSSR count). The van der Waals surface area contributed by atoms with Gasteiger partial charge in [0.2, 0.25) is 0 Å². The molecule has 41 heavy (non-hydrogen) atoms. The average Bonchev–Trinajstić information content (AvgIpc) is 3.29. The maximum Gasteiger partial charge on any atom is 0.0541 e. The molecule has 6 aromatic rings. The summed E-state index contributed by atoms with van der Waals surface area (Å²) in [4.78, 5) is 1.29. The van der Waals surface area contributed by atoms with E-state index in [1.54, 1.807) is 0 Å². The van der Waals surface area contributed by atoms with Gasteiger partial charge in [-0.1, -0.05) is 126 Å². The van der Waals surface area contributed by atoms with Crippen molar-refractivity contribution >= 4 is 50.9 Å². The summed E-state index contributed by atoms with van der Waals surface area (Å²) in [6.07, 6.45) is 0. The van der Waals surface area contributed by atoms with E-state index in [0.29, 0.717) is 0 Å². The van der Waals surface area contributed by atoms with Gasteiger partial charge in [-0.25, -0.2) is 0 Å². The molecule has 0 bridgehead atoms. The number of benzene rings is 5. The summed E-state index contributed by atoms with van der Waals surface area (Å²) in [6, 6.07) is 45.1. The first kappa shape index (κ1) is 27.8. The first-order valence-corrected chi connectivity index (χ1v) is 17.1. The van der Waals surface area contributed by atoms with Crippen LogP contribution < -0.4 is 10.6 Å². The molecule has 0 amide bonds. The number of rotatable bonds is 5. The number of hydrogen-bond donors (Lipinski definition) is 0. The molecule has 3 heteroatoms. The third kappa shape index (κ3) is 5.61. The Balaban J connectivity index is 1.44. The van der Waals surface area contributed by atoms with Gasteiger partial charge in [-0.15, -0.1) is 0 Å². The predicted octanol–water partition coefficient (Wildman–Crippen LogP) is 10.5. The highest BCUT2D eigenvalue weighted by molar-refractivity contribution is 8.60. The van der Waals surface area contributed by atoms with E-state index in [-0.39, 0.29) is 10.8 Å². The zero-order valence-corrected chi connectivity index (χ0v) is 26.6. The molecule has 1 heterocycles. The summed E-state index contributed by atoms with van der Waals surface area (Å²) in [5.74, 6) is 0. The second kappa shape index (κ2) is 10.8. The molecule has 0 aliphatic carbocycles. The number of aromatic nitrogens is 1.